The summed E-state index contributed by atoms with van der Waals surface area (Å²) < 4.78 is 45.5. The van der Waals surface area contributed by atoms with Crippen molar-refractivity contribution in [1.29, 1.82) is 0 Å². The van der Waals surface area contributed by atoms with Gasteiger partial charge in [-0.15, -0.1) is 11.3 Å². The van der Waals surface area contributed by atoms with Crippen LogP contribution in [0.2, 0.25) is 0 Å². The minimum Gasteiger partial charge on any atom is -0.497 e. The monoisotopic (exact) mass is 808 g/mol. The maximum Gasteiger partial charge on any atom is 0.408 e. The number of ether oxygens (including phenoxy) is 3. The molecule has 2 aliphatic heterocycles. The van der Waals surface area contributed by atoms with Gasteiger partial charge in [-0.1, -0.05) is 31.1 Å². The summed E-state index contributed by atoms with van der Waals surface area (Å²) in [6, 6.07) is 6.95. The van der Waals surface area contributed by atoms with Crippen molar-refractivity contribution in [1.82, 2.24) is 30.2 Å². The lowest BCUT2D eigenvalue weighted by Gasteiger charge is -2.30. The first-order valence-corrected chi connectivity index (χ1v) is 21.5. The zero-order chi connectivity index (χ0) is 39.8. The van der Waals surface area contributed by atoms with Crippen LogP contribution < -0.4 is 24.8 Å². The van der Waals surface area contributed by atoms with Crippen molar-refractivity contribution >= 4 is 56.2 Å². The van der Waals surface area contributed by atoms with Crippen LogP contribution in [0.5, 0.6) is 11.6 Å². The van der Waals surface area contributed by atoms with Gasteiger partial charge in [0.15, 0.2) is 0 Å². The molecule has 0 radical (unpaired) electrons. The highest BCUT2D eigenvalue weighted by Crippen LogP contribution is 2.46. The Labute approximate surface area is 330 Å². The van der Waals surface area contributed by atoms with Crippen molar-refractivity contribution in [2.24, 2.45) is 5.92 Å². The first-order chi connectivity index (χ1) is 26.7. The van der Waals surface area contributed by atoms with Gasteiger partial charge >= 0.3 is 6.09 Å². The Balaban J connectivity index is 1.22. The molecule has 3 aromatic rings. The minimum atomic E-state index is -3.91. The van der Waals surface area contributed by atoms with E-state index >= 15 is 0 Å². The molecule has 4 amide bonds. The van der Waals surface area contributed by atoms with Crippen LogP contribution in [0.25, 0.3) is 21.6 Å². The number of hydrogen-bond donors (Lipinski definition) is 3. The summed E-state index contributed by atoms with van der Waals surface area (Å²) in [4.78, 5) is 67.8. The minimum absolute atomic E-state index is 0.0109. The van der Waals surface area contributed by atoms with E-state index in [2.05, 4.69) is 15.4 Å². The molecule has 5 atom stereocenters. The van der Waals surface area contributed by atoms with Gasteiger partial charge in [-0.25, -0.2) is 23.2 Å². The molecule has 17 heteroatoms. The highest BCUT2D eigenvalue weighted by Gasteiger charge is 2.62. The number of nitrogens with one attached hydrogen (secondary N) is 3. The Morgan fingerprint density at radius 2 is 1.86 bits per heavy atom. The predicted octanol–water partition coefficient (Wildman–Crippen LogP) is 4.61. The van der Waals surface area contributed by atoms with Crippen LogP contribution in [-0.2, 0) is 29.1 Å². The second-order valence-electron chi connectivity index (χ2n) is 15.9. The van der Waals surface area contributed by atoms with E-state index in [-0.39, 0.29) is 25.3 Å². The number of rotatable bonds is 8. The molecule has 15 nitrogen and oxygen atoms in total. The molecule has 3 fully saturated rings. The van der Waals surface area contributed by atoms with Gasteiger partial charge in [0, 0.05) is 18.4 Å². The molecule has 56 heavy (non-hydrogen) atoms. The number of aromatic nitrogens is 2. The Bertz CT molecular complexity index is 2130. The summed E-state index contributed by atoms with van der Waals surface area (Å²) >= 11 is 1.46. The van der Waals surface area contributed by atoms with Gasteiger partial charge in [-0.05, 0) is 82.9 Å². The van der Waals surface area contributed by atoms with Gasteiger partial charge in [0.2, 0.25) is 27.7 Å². The Kier molecular flexibility index (Phi) is 11.0. The molecule has 2 saturated carbocycles. The molecule has 2 aliphatic carbocycles. The number of fused-ring (bicyclic) bond motifs is 3. The lowest BCUT2D eigenvalue weighted by Crippen LogP contribution is -2.58. The zero-order valence-corrected chi connectivity index (χ0v) is 33.5. The average Bonchev–Trinajstić information content (AvgIpc) is 4.00. The van der Waals surface area contributed by atoms with Crippen LogP contribution in [0.15, 0.2) is 47.9 Å². The molecule has 0 unspecified atom stereocenters. The maximum absolute atomic E-state index is 14.6. The molecule has 1 aromatic carbocycles. The molecule has 4 heterocycles. The first-order valence-electron chi connectivity index (χ1n) is 19.1. The topological polar surface area (TPSA) is 195 Å². The lowest BCUT2D eigenvalue weighted by atomic mass is 10.0. The molecule has 2 aromatic heterocycles. The van der Waals surface area contributed by atoms with E-state index in [1.807, 2.05) is 29.7 Å². The molecule has 300 valence electrons. The van der Waals surface area contributed by atoms with Gasteiger partial charge in [-0.2, -0.15) is 0 Å². The van der Waals surface area contributed by atoms with Crippen molar-refractivity contribution in [3.63, 3.8) is 0 Å². The van der Waals surface area contributed by atoms with E-state index in [1.165, 1.54) is 16.2 Å². The lowest BCUT2D eigenvalue weighted by molar-refractivity contribution is -0.141. The van der Waals surface area contributed by atoms with Crippen molar-refractivity contribution in [3.05, 3.63) is 47.9 Å². The summed E-state index contributed by atoms with van der Waals surface area (Å²) in [5.74, 6) is -1.61. The van der Waals surface area contributed by atoms with Gasteiger partial charge in [0.25, 0.3) is 5.91 Å². The Morgan fingerprint density at radius 1 is 1.05 bits per heavy atom. The number of carbonyl (C=O) groups is 4. The second kappa shape index (κ2) is 15.6. The van der Waals surface area contributed by atoms with E-state index in [0.717, 1.165) is 17.7 Å². The fraction of sp³-hybridized carbons (Fsp3) is 0.538. The number of allylic oxidation sites excluding steroid dienone is 1. The first kappa shape index (κ1) is 39.5. The maximum atomic E-state index is 14.6. The van der Waals surface area contributed by atoms with Crippen LogP contribution in [0.3, 0.4) is 0 Å². The summed E-state index contributed by atoms with van der Waals surface area (Å²) in [5.41, 5.74) is -0.714. The third kappa shape index (κ3) is 8.78. The standard InChI is InChI=1S/C39H48N6O9S2/c1-38(2,3)54-37(49)42-28-12-9-7-5-6-8-11-23-21-39(23,36(48)44-56(50,51)26-15-16-26)43-33(46)30-20-25(22-45(30)35(28)47)53-34-32(31-13-10-18-55-31)40-27-17-14-24(52-4)19-29(27)41-34/h8,10-11,13-14,17-19,23,25-26,28,30H,5-7,9,12,15-16,20-22H2,1-4H3,(H,42,49)(H,43,46)(H,44,48)/b11-8-/t23-,25-,28+,30+,39-/m1/s1. The number of benzene rings is 1. The molecule has 1 saturated heterocycles. The average molecular weight is 809 g/mol. The van der Waals surface area contributed by atoms with Crippen molar-refractivity contribution in [3.8, 4) is 22.2 Å². The molecule has 0 spiro atoms. The normalized spacial score (nSPS) is 26.5. The van der Waals surface area contributed by atoms with Gasteiger partial charge in [0.05, 0.1) is 34.8 Å². The molecule has 4 aliphatic rings. The Hall–Kier alpha value is -4.77. The van der Waals surface area contributed by atoms with Gasteiger partial charge in [0.1, 0.15) is 40.8 Å². The van der Waals surface area contributed by atoms with E-state index in [0.29, 0.717) is 54.6 Å². The molecular formula is C39H48N6O9S2. The Morgan fingerprint density at radius 3 is 2.57 bits per heavy atom. The number of carbonyl (C=O) groups excluding carboxylic acids is 4. The van der Waals surface area contributed by atoms with E-state index in [1.54, 1.807) is 46.1 Å². The number of amides is 4. The molecular weight excluding hydrogens is 761 g/mol. The van der Waals surface area contributed by atoms with Crippen LogP contribution >= 0.6 is 11.3 Å². The summed E-state index contributed by atoms with van der Waals surface area (Å²) in [7, 11) is -2.35. The number of nitrogens with zero attached hydrogens (tertiary/aromatic N) is 3. The highest BCUT2D eigenvalue weighted by molar-refractivity contribution is 7.91. The third-order valence-corrected chi connectivity index (χ3v) is 13.1. The largest absolute Gasteiger partial charge is 0.497 e. The molecule has 7 rings (SSSR count). The molecule has 3 N–H and O–H groups in total. The number of thiophene rings is 1. The molecule has 0 bridgehead atoms. The van der Waals surface area contributed by atoms with E-state index in [9.17, 15) is 27.6 Å². The van der Waals surface area contributed by atoms with Gasteiger partial charge < -0.3 is 29.7 Å². The number of methoxy groups -OCH3 is 1. The van der Waals surface area contributed by atoms with Crippen LogP contribution in [0.1, 0.15) is 78.6 Å². The highest BCUT2D eigenvalue weighted by atomic mass is 32.2. The van der Waals surface area contributed by atoms with Crippen molar-refractivity contribution in [2.75, 3.05) is 13.7 Å². The fourth-order valence-electron chi connectivity index (χ4n) is 7.26. The predicted molar refractivity (Wildman–Crippen MR) is 208 cm³/mol. The van der Waals surface area contributed by atoms with E-state index < -0.39 is 74.3 Å². The van der Waals surface area contributed by atoms with Crippen LogP contribution in [0.4, 0.5) is 4.79 Å². The van der Waals surface area contributed by atoms with Crippen LogP contribution in [-0.4, -0.2) is 95.3 Å². The summed E-state index contributed by atoms with van der Waals surface area (Å²) in [5, 5.41) is 6.91. The van der Waals surface area contributed by atoms with Crippen molar-refractivity contribution in [2.45, 2.75) is 113 Å². The van der Waals surface area contributed by atoms with E-state index in [4.69, 9.17) is 24.2 Å². The third-order valence-electron chi connectivity index (χ3n) is 10.4. The second-order valence-corrected chi connectivity index (χ2v) is 18.8. The number of sulfonamides is 1. The van der Waals surface area contributed by atoms with Crippen LogP contribution in [0, 0.1) is 5.92 Å². The fourth-order valence-corrected chi connectivity index (χ4v) is 9.33. The van der Waals surface area contributed by atoms with Gasteiger partial charge in [-0.3, -0.25) is 19.1 Å². The number of hydrogen-bond acceptors (Lipinski definition) is 12. The van der Waals surface area contributed by atoms with Crippen molar-refractivity contribution < 1.29 is 41.8 Å². The SMILES string of the molecule is COc1ccc2nc(-c3cccs3)c(O[C@@H]3C[C@H]4C(=O)N[C@]5(C(=O)NS(=O)(=O)C6CC6)C[C@H]5/C=C\CCCCC[C@H](NC(=O)OC(C)(C)C)C(=O)N4C3)nc2c1. The quantitative estimate of drug-likeness (QED) is 0.269. The summed E-state index contributed by atoms with van der Waals surface area (Å²) in [6.45, 7) is 5.13. The zero-order valence-electron chi connectivity index (χ0n) is 31.9. The smallest absolute Gasteiger partial charge is 0.408 e. The summed E-state index contributed by atoms with van der Waals surface area (Å²) in [6.07, 6.45) is 6.55. The number of alkyl carbamates (subject to hydrolysis) is 1.